The molecule has 7 heteroatoms. The molecule has 1 aliphatic rings. The predicted molar refractivity (Wildman–Crippen MR) is 88.3 cm³/mol. The lowest BCUT2D eigenvalue weighted by Crippen LogP contribution is -2.34. The van der Waals surface area contributed by atoms with Gasteiger partial charge in [0.2, 0.25) is 5.91 Å². The van der Waals surface area contributed by atoms with Crippen molar-refractivity contribution in [3.63, 3.8) is 0 Å². The van der Waals surface area contributed by atoms with E-state index in [4.69, 9.17) is 4.74 Å². The molecule has 1 heterocycles. The van der Waals surface area contributed by atoms with Crippen LogP contribution in [0.3, 0.4) is 0 Å². The van der Waals surface area contributed by atoms with Crippen LogP contribution >= 0.6 is 0 Å². The summed E-state index contributed by atoms with van der Waals surface area (Å²) >= 11 is 0. The number of nitrogens with one attached hydrogen (secondary N) is 1. The van der Waals surface area contributed by atoms with Crippen LogP contribution in [0.15, 0.2) is 48.5 Å². The lowest BCUT2D eigenvalue weighted by atomic mass is 10.2. The molecule has 1 fully saturated rings. The summed E-state index contributed by atoms with van der Waals surface area (Å²) in [5, 5.41) is 13.7. The van der Waals surface area contributed by atoms with Gasteiger partial charge in [0.1, 0.15) is 11.8 Å². The van der Waals surface area contributed by atoms with Crippen LogP contribution in [0.2, 0.25) is 0 Å². The molecule has 3 rings (SSSR count). The Balaban J connectivity index is 1.77. The highest BCUT2D eigenvalue weighted by Crippen LogP contribution is 2.27. The van der Waals surface area contributed by atoms with Gasteiger partial charge in [0.15, 0.2) is 0 Å². The molecule has 1 aliphatic heterocycles. The summed E-state index contributed by atoms with van der Waals surface area (Å²) in [4.78, 5) is 36.7. The third-order valence-corrected chi connectivity index (χ3v) is 3.92. The molecule has 25 heavy (non-hydrogen) atoms. The van der Waals surface area contributed by atoms with E-state index < -0.39 is 12.0 Å². The van der Waals surface area contributed by atoms with Crippen molar-refractivity contribution in [1.82, 2.24) is 0 Å². The molecular formula is C18H15N2O5-. The van der Waals surface area contributed by atoms with Gasteiger partial charge >= 0.3 is 0 Å². The van der Waals surface area contributed by atoms with E-state index in [9.17, 15) is 19.5 Å². The van der Waals surface area contributed by atoms with Crippen molar-refractivity contribution in [2.45, 2.75) is 12.5 Å². The molecule has 0 spiro atoms. The van der Waals surface area contributed by atoms with E-state index in [0.29, 0.717) is 17.1 Å². The number of anilines is 2. The molecule has 0 radical (unpaired) electrons. The van der Waals surface area contributed by atoms with Crippen molar-refractivity contribution in [2.75, 3.05) is 17.3 Å². The number of amides is 2. The summed E-state index contributed by atoms with van der Waals surface area (Å²) in [7, 11) is 1.51. The van der Waals surface area contributed by atoms with E-state index in [1.165, 1.54) is 31.4 Å². The van der Waals surface area contributed by atoms with E-state index in [1.54, 1.807) is 24.3 Å². The first-order chi connectivity index (χ1) is 12.0. The summed E-state index contributed by atoms with van der Waals surface area (Å²) in [6, 6.07) is 11.8. The molecule has 1 atom stereocenters. The third-order valence-electron chi connectivity index (χ3n) is 3.92. The van der Waals surface area contributed by atoms with Gasteiger partial charge in [-0.3, -0.25) is 9.59 Å². The topological polar surface area (TPSA) is 98.8 Å². The highest BCUT2D eigenvalue weighted by atomic mass is 16.5. The van der Waals surface area contributed by atoms with E-state index in [0.717, 1.165) is 4.90 Å². The summed E-state index contributed by atoms with van der Waals surface area (Å²) < 4.78 is 5.12. The van der Waals surface area contributed by atoms with Crippen LogP contribution in [0, 0.1) is 0 Å². The van der Waals surface area contributed by atoms with Crippen LogP contribution in [0.25, 0.3) is 0 Å². The monoisotopic (exact) mass is 339 g/mol. The molecule has 7 nitrogen and oxygen atoms in total. The number of benzene rings is 2. The molecule has 1 N–H and O–H groups in total. The highest BCUT2D eigenvalue weighted by Gasteiger charge is 2.39. The Morgan fingerprint density at radius 3 is 2.56 bits per heavy atom. The number of methoxy groups -OCH3 is 1. The van der Waals surface area contributed by atoms with Crippen LogP contribution < -0.4 is 20.1 Å². The Bertz CT molecular complexity index is 832. The number of hydrogen-bond donors (Lipinski definition) is 1. The molecule has 0 unspecified atom stereocenters. The molecule has 2 aromatic carbocycles. The Morgan fingerprint density at radius 2 is 1.92 bits per heavy atom. The van der Waals surface area contributed by atoms with Crippen LogP contribution in [0.5, 0.6) is 5.75 Å². The van der Waals surface area contributed by atoms with E-state index in [1.807, 2.05) is 0 Å². The van der Waals surface area contributed by atoms with Gasteiger partial charge < -0.3 is 20.0 Å². The number of hydrogen-bond acceptors (Lipinski definition) is 6. The summed E-state index contributed by atoms with van der Waals surface area (Å²) in [6.45, 7) is 0. The van der Waals surface area contributed by atoms with Crippen molar-refractivity contribution in [1.29, 1.82) is 0 Å². The molecule has 0 saturated carbocycles. The zero-order valence-corrected chi connectivity index (χ0v) is 13.4. The first-order valence-electron chi connectivity index (χ1n) is 7.58. The first kappa shape index (κ1) is 16.5. The maximum Gasteiger partial charge on any atom is 0.256 e. The molecule has 0 bridgehead atoms. The lowest BCUT2D eigenvalue weighted by molar-refractivity contribution is -0.255. The fourth-order valence-corrected chi connectivity index (χ4v) is 2.67. The van der Waals surface area contributed by atoms with Gasteiger partial charge in [-0.05, 0) is 29.8 Å². The minimum absolute atomic E-state index is 0.0122. The predicted octanol–water partition coefficient (Wildman–Crippen LogP) is 0.803. The molecule has 2 aromatic rings. The average molecular weight is 339 g/mol. The number of imide groups is 1. The Labute approximate surface area is 143 Å². The van der Waals surface area contributed by atoms with Crippen LogP contribution in [0.4, 0.5) is 11.4 Å². The normalized spacial score (nSPS) is 16.8. The quantitative estimate of drug-likeness (QED) is 0.809. The second-order valence-electron chi connectivity index (χ2n) is 5.53. The summed E-state index contributed by atoms with van der Waals surface area (Å²) in [5.74, 6) is -1.42. The SMILES string of the molecule is COc1cccc(N2C(=O)C[C@@H](Nc3ccc(C(=O)[O-])cc3)C2=O)c1. The van der Waals surface area contributed by atoms with Crippen molar-refractivity contribution >= 4 is 29.2 Å². The number of carbonyl (C=O) groups is 3. The molecule has 2 amide bonds. The second-order valence-corrected chi connectivity index (χ2v) is 5.53. The molecule has 1 saturated heterocycles. The number of carbonyl (C=O) groups excluding carboxylic acids is 3. The largest absolute Gasteiger partial charge is 0.545 e. The van der Waals surface area contributed by atoms with Gasteiger partial charge in [-0.15, -0.1) is 0 Å². The number of rotatable bonds is 5. The summed E-state index contributed by atoms with van der Waals surface area (Å²) in [5.41, 5.74) is 1.03. The fourth-order valence-electron chi connectivity index (χ4n) is 2.67. The fraction of sp³-hybridized carbons (Fsp3) is 0.167. The van der Waals surface area contributed by atoms with Gasteiger partial charge in [0.05, 0.1) is 25.2 Å². The maximum atomic E-state index is 12.6. The van der Waals surface area contributed by atoms with Gasteiger partial charge in [0.25, 0.3) is 5.91 Å². The smallest absolute Gasteiger partial charge is 0.256 e. The van der Waals surface area contributed by atoms with Crippen LogP contribution in [-0.2, 0) is 9.59 Å². The van der Waals surface area contributed by atoms with Gasteiger partial charge in [-0.25, -0.2) is 4.90 Å². The van der Waals surface area contributed by atoms with E-state index in [2.05, 4.69) is 5.32 Å². The number of ether oxygens (including phenoxy) is 1. The van der Waals surface area contributed by atoms with Gasteiger partial charge in [-0.2, -0.15) is 0 Å². The molecule has 0 aromatic heterocycles. The summed E-state index contributed by atoms with van der Waals surface area (Å²) in [6.07, 6.45) is 0.0122. The highest BCUT2D eigenvalue weighted by molar-refractivity contribution is 6.23. The number of carboxylic acids is 1. The zero-order chi connectivity index (χ0) is 18.0. The lowest BCUT2D eigenvalue weighted by Gasteiger charge is -2.17. The zero-order valence-electron chi connectivity index (χ0n) is 13.4. The van der Waals surface area contributed by atoms with Crippen LogP contribution in [0.1, 0.15) is 16.8 Å². The molecular weight excluding hydrogens is 324 g/mol. The van der Waals surface area contributed by atoms with Gasteiger partial charge in [-0.1, -0.05) is 18.2 Å². The Morgan fingerprint density at radius 1 is 1.20 bits per heavy atom. The van der Waals surface area contributed by atoms with E-state index >= 15 is 0 Å². The number of nitrogens with zero attached hydrogens (tertiary/aromatic N) is 1. The van der Waals surface area contributed by atoms with Crippen molar-refractivity contribution < 1.29 is 24.2 Å². The second kappa shape index (κ2) is 6.64. The molecule has 128 valence electrons. The first-order valence-corrected chi connectivity index (χ1v) is 7.58. The van der Waals surface area contributed by atoms with Crippen molar-refractivity contribution in [2.24, 2.45) is 0 Å². The number of aromatic carboxylic acids is 1. The van der Waals surface area contributed by atoms with Gasteiger partial charge in [0, 0.05) is 11.8 Å². The van der Waals surface area contributed by atoms with Crippen molar-refractivity contribution in [3.8, 4) is 5.75 Å². The Hall–Kier alpha value is -3.35. The maximum absolute atomic E-state index is 12.6. The number of carboxylic acid groups (broad SMARTS) is 1. The molecule has 0 aliphatic carbocycles. The third kappa shape index (κ3) is 3.30. The average Bonchev–Trinajstić information content (AvgIpc) is 2.89. The van der Waals surface area contributed by atoms with Crippen LogP contribution in [-0.4, -0.2) is 30.9 Å². The standard InChI is InChI=1S/C18H16N2O5/c1-25-14-4-2-3-13(9-14)20-16(21)10-15(17(20)22)19-12-7-5-11(6-8-12)18(23)24/h2-9,15,19H,10H2,1H3,(H,23,24)/p-1/t15-/m1/s1. The van der Waals surface area contributed by atoms with Crippen molar-refractivity contribution in [3.05, 3.63) is 54.1 Å². The Kier molecular flexibility index (Phi) is 4.38. The minimum atomic E-state index is -1.28. The van der Waals surface area contributed by atoms with E-state index in [-0.39, 0.29) is 23.8 Å². The minimum Gasteiger partial charge on any atom is -0.545 e.